The van der Waals surface area contributed by atoms with Crippen molar-refractivity contribution in [1.29, 1.82) is 0 Å². The molecule has 114 valence electrons. The Morgan fingerprint density at radius 2 is 2.05 bits per heavy atom. The molecule has 2 nitrogen and oxygen atoms in total. The van der Waals surface area contributed by atoms with Crippen LogP contribution in [0.2, 0.25) is 0 Å². The predicted molar refractivity (Wildman–Crippen MR) is 95.7 cm³/mol. The maximum Gasteiger partial charge on any atom is 0.167 e. The minimum Gasteiger partial charge on any atom is -0.375 e. The van der Waals surface area contributed by atoms with Gasteiger partial charge in [-0.05, 0) is 66.5 Å². The lowest BCUT2D eigenvalue weighted by Gasteiger charge is -2.43. The van der Waals surface area contributed by atoms with E-state index in [-0.39, 0.29) is 11.5 Å². The molecule has 3 rings (SSSR count). The van der Waals surface area contributed by atoms with Crippen LogP contribution in [0.3, 0.4) is 0 Å². The lowest BCUT2D eigenvalue weighted by atomic mass is 9.74. The summed E-state index contributed by atoms with van der Waals surface area (Å²) in [5.41, 5.74) is 0.858. The van der Waals surface area contributed by atoms with Crippen LogP contribution in [-0.4, -0.2) is 18.0 Å². The van der Waals surface area contributed by atoms with Gasteiger partial charge in [0.05, 0.1) is 5.60 Å². The highest BCUT2D eigenvalue weighted by Gasteiger charge is 2.41. The smallest absolute Gasteiger partial charge is 0.167 e. The third-order valence-corrected chi connectivity index (χ3v) is 6.26. The van der Waals surface area contributed by atoms with Gasteiger partial charge in [-0.2, -0.15) is 0 Å². The first-order valence-corrected chi connectivity index (χ1v) is 9.60. The Bertz CT molecular complexity index is 532. The third kappa shape index (κ3) is 3.53. The van der Waals surface area contributed by atoms with Crippen LogP contribution in [0, 0.1) is 9.49 Å². The van der Waals surface area contributed by atoms with Crippen LogP contribution in [0.15, 0.2) is 22.7 Å². The van der Waals surface area contributed by atoms with Gasteiger partial charge in [0.25, 0.3) is 0 Å². The zero-order valence-corrected chi connectivity index (χ0v) is 15.8. The van der Waals surface area contributed by atoms with Gasteiger partial charge in [0.2, 0.25) is 0 Å². The van der Waals surface area contributed by atoms with Gasteiger partial charge >= 0.3 is 0 Å². The number of benzene rings is 1. The largest absolute Gasteiger partial charge is 0.375 e. The molecule has 1 atom stereocenters. The van der Waals surface area contributed by atoms with Crippen LogP contribution in [-0.2, 0) is 4.74 Å². The average molecular weight is 463 g/mol. The Kier molecular flexibility index (Phi) is 5.06. The van der Waals surface area contributed by atoms with Gasteiger partial charge in [0.1, 0.15) is 0 Å². The molecule has 0 aromatic heterocycles. The van der Waals surface area contributed by atoms with Gasteiger partial charge in [-0.15, -0.1) is 0 Å². The lowest BCUT2D eigenvalue weighted by molar-refractivity contribution is -0.111. The number of hydrogen-bond acceptors (Lipinski definition) is 2. The van der Waals surface area contributed by atoms with Gasteiger partial charge in [-0.3, -0.25) is 4.79 Å². The molecule has 1 aromatic rings. The molecule has 0 N–H and O–H groups in total. The summed E-state index contributed by atoms with van der Waals surface area (Å²) in [7, 11) is 0. The summed E-state index contributed by atoms with van der Waals surface area (Å²) in [6.45, 7) is 0.737. The van der Waals surface area contributed by atoms with Gasteiger partial charge in [0, 0.05) is 26.1 Å². The second-order valence-corrected chi connectivity index (χ2v) is 8.35. The third-order valence-electron chi connectivity index (χ3n) is 4.82. The van der Waals surface area contributed by atoms with Crippen molar-refractivity contribution in [2.24, 2.45) is 5.92 Å². The standard InChI is InChI=1S/C17H20BrIO2/c18-13-4-5-15(19)14(10-13)16(20)12-6-9-21-17(11-12)7-2-1-3-8-17/h4-5,10,12H,1-3,6-9,11H2. The number of carbonyl (C=O) groups excluding carboxylic acids is 1. The van der Waals surface area contributed by atoms with Crippen molar-refractivity contribution >= 4 is 44.3 Å². The normalized spacial score (nSPS) is 25.0. The molecular weight excluding hydrogens is 443 g/mol. The molecule has 2 aliphatic rings. The minimum absolute atomic E-state index is 0.00568. The first kappa shape index (κ1) is 15.9. The van der Waals surface area contributed by atoms with Gasteiger partial charge in [-0.1, -0.05) is 35.2 Å². The van der Waals surface area contributed by atoms with Crippen LogP contribution in [0.4, 0.5) is 0 Å². The van der Waals surface area contributed by atoms with E-state index in [2.05, 4.69) is 38.5 Å². The Morgan fingerprint density at radius 1 is 1.29 bits per heavy atom. The van der Waals surface area contributed by atoms with Crippen molar-refractivity contribution in [3.8, 4) is 0 Å². The second kappa shape index (κ2) is 6.67. The molecule has 1 aliphatic heterocycles. The number of hydrogen-bond donors (Lipinski definition) is 0. The lowest BCUT2D eigenvalue weighted by Crippen LogP contribution is -2.43. The predicted octanol–water partition coefficient (Wildman–Crippen LogP) is 5.37. The van der Waals surface area contributed by atoms with E-state index in [4.69, 9.17) is 4.74 Å². The molecule has 21 heavy (non-hydrogen) atoms. The molecule has 1 aromatic carbocycles. The van der Waals surface area contributed by atoms with Crippen LogP contribution in [0.25, 0.3) is 0 Å². The summed E-state index contributed by atoms with van der Waals surface area (Å²) in [6.07, 6.45) is 7.84. The topological polar surface area (TPSA) is 26.3 Å². The van der Waals surface area contributed by atoms with Crippen molar-refractivity contribution in [3.63, 3.8) is 0 Å². The highest BCUT2D eigenvalue weighted by atomic mass is 127. The van der Waals surface area contributed by atoms with Gasteiger partial charge in [-0.25, -0.2) is 0 Å². The Morgan fingerprint density at radius 3 is 2.81 bits per heavy atom. The van der Waals surface area contributed by atoms with Crippen molar-refractivity contribution in [2.75, 3.05) is 6.61 Å². The minimum atomic E-state index is -0.00568. The van der Waals surface area contributed by atoms with Crippen LogP contribution < -0.4 is 0 Å². The summed E-state index contributed by atoms with van der Waals surface area (Å²) in [5, 5.41) is 0. The summed E-state index contributed by atoms with van der Waals surface area (Å²) in [4.78, 5) is 12.9. The molecule has 1 unspecified atom stereocenters. The van der Waals surface area contributed by atoms with E-state index in [9.17, 15) is 4.79 Å². The number of ketones is 1. The fourth-order valence-electron chi connectivity index (χ4n) is 3.70. The molecule has 1 spiro atoms. The molecule has 1 aliphatic carbocycles. The van der Waals surface area contributed by atoms with Crippen LogP contribution in [0.5, 0.6) is 0 Å². The molecular formula is C17H20BrIO2. The zero-order chi connectivity index (χ0) is 14.9. The first-order chi connectivity index (χ1) is 10.1. The van der Waals surface area contributed by atoms with E-state index in [1.807, 2.05) is 18.2 Å². The first-order valence-electron chi connectivity index (χ1n) is 7.73. The Balaban J connectivity index is 1.79. The number of rotatable bonds is 2. The zero-order valence-electron chi connectivity index (χ0n) is 12.0. The molecule has 0 amide bonds. The number of halogens is 2. The van der Waals surface area contributed by atoms with E-state index < -0.39 is 0 Å². The van der Waals surface area contributed by atoms with E-state index in [0.29, 0.717) is 5.78 Å². The van der Waals surface area contributed by atoms with Crippen molar-refractivity contribution in [3.05, 3.63) is 31.8 Å². The van der Waals surface area contributed by atoms with Crippen molar-refractivity contribution in [1.82, 2.24) is 0 Å². The summed E-state index contributed by atoms with van der Waals surface area (Å²) in [6, 6.07) is 5.96. The highest BCUT2D eigenvalue weighted by molar-refractivity contribution is 14.1. The SMILES string of the molecule is O=C(c1cc(Br)ccc1I)C1CCOC2(CCCCC2)C1. The molecule has 0 bridgehead atoms. The Hall–Kier alpha value is 0.0600. The highest BCUT2D eigenvalue weighted by Crippen LogP contribution is 2.41. The summed E-state index contributed by atoms with van der Waals surface area (Å²) >= 11 is 5.74. The quantitative estimate of drug-likeness (QED) is 0.436. The summed E-state index contributed by atoms with van der Waals surface area (Å²) < 4.78 is 8.14. The fourth-order valence-corrected chi connectivity index (χ4v) is 4.66. The van der Waals surface area contributed by atoms with Gasteiger partial charge < -0.3 is 4.74 Å². The molecule has 1 saturated carbocycles. The van der Waals surface area contributed by atoms with E-state index in [1.54, 1.807) is 0 Å². The van der Waals surface area contributed by atoms with Gasteiger partial charge in [0.15, 0.2) is 5.78 Å². The number of Topliss-reactive ketones (excluding diaryl/α,β-unsaturated/α-hetero) is 1. The molecule has 1 heterocycles. The maximum absolute atomic E-state index is 12.9. The molecule has 4 heteroatoms. The number of carbonyl (C=O) groups is 1. The summed E-state index contributed by atoms with van der Waals surface area (Å²) in [5.74, 6) is 0.425. The Labute approximate surface area is 148 Å². The van der Waals surface area contributed by atoms with E-state index in [0.717, 1.165) is 45.9 Å². The van der Waals surface area contributed by atoms with E-state index >= 15 is 0 Å². The maximum atomic E-state index is 12.9. The monoisotopic (exact) mass is 462 g/mol. The van der Waals surface area contributed by atoms with Crippen LogP contribution in [0.1, 0.15) is 55.3 Å². The molecule has 1 saturated heterocycles. The van der Waals surface area contributed by atoms with Crippen LogP contribution >= 0.6 is 38.5 Å². The van der Waals surface area contributed by atoms with Crippen molar-refractivity contribution in [2.45, 2.75) is 50.5 Å². The average Bonchev–Trinajstić information content (AvgIpc) is 2.50. The van der Waals surface area contributed by atoms with E-state index in [1.165, 1.54) is 19.3 Å². The number of ether oxygens (including phenoxy) is 1. The molecule has 0 radical (unpaired) electrons. The van der Waals surface area contributed by atoms with Crippen molar-refractivity contribution < 1.29 is 9.53 Å². The second-order valence-electron chi connectivity index (χ2n) is 6.27. The fraction of sp³-hybridized carbons (Fsp3) is 0.588. The molecule has 2 fully saturated rings.